The number of nitrogens with one attached hydrogen (secondary N) is 1. The summed E-state index contributed by atoms with van der Waals surface area (Å²) in [7, 11) is 0. The van der Waals surface area contributed by atoms with Gasteiger partial charge in [-0.15, -0.1) is 0 Å². The number of benzene rings is 2. The van der Waals surface area contributed by atoms with E-state index in [0.717, 1.165) is 74.4 Å². The summed E-state index contributed by atoms with van der Waals surface area (Å²) in [6.45, 7) is 6.95. The highest BCUT2D eigenvalue weighted by Gasteiger charge is 2.16. The topological polar surface area (TPSA) is 52.2 Å². The first-order valence-electron chi connectivity index (χ1n) is 10.9. The van der Waals surface area contributed by atoms with E-state index in [2.05, 4.69) is 35.9 Å². The second-order valence-electron chi connectivity index (χ2n) is 7.82. The Kier molecular flexibility index (Phi) is 8.35. The fourth-order valence-corrected chi connectivity index (χ4v) is 3.82. The quantitative estimate of drug-likeness (QED) is 0.364. The van der Waals surface area contributed by atoms with Crippen LogP contribution < -0.4 is 0 Å². The Hall–Kier alpha value is -2.30. The van der Waals surface area contributed by atoms with Crippen LogP contribution in [0.4, 0.5) is 0 Å². The average molecular weight is 426 g/mol. The van der Waals surface area contributed by atoms with Gasteiger partial charge >= 0.3 is 0 Å². The van der Waals surface area contributed by atoms with Gasteiger partial charge in [0.1, 0.15) is 11.6 Å². The maximum Gasteiger partial charge on any atom is 0.137 e. The van der Waals surface area contributed by atoms with E-state index in [4.69, 9.17) is 16.6 Å². The fourth-order valence-electron chi connectivity index (χ4n) is 3.58. The van der Waals surface area contributed by atoms with Crippen molar-refractivity contribution in [2.24, 2.45) is 0 Å². The van der Waals surface area contributed by atoms with Crippen molar-refractivity contribution in [2.75, 3.05) is 6.54 Å². The zero-order valence-electron chi connectivity index (χ0n) is 18.0. The smallest absolute Gasteiger partial charge is 0.137 e. The van der Waals surface area contributed by atoms with E-state index in [1.807, 2.05) is 24.3 Å². The monoisotopic (exact) mass is 425 g/mol. The zero-order valence-corrected chi connectivity index (χ0v) is 18.8. The molecule has 0 amide bonds. The number of aromatic nitrogens is 2. The molecule has 0 fully saturated rings. The van der Waals surface area contributed by atoms with Crippen molar-refractivity contribution in [1.82, 2.24) is 14.9 Å². The first-order chi connectivity index (χ1) is 14.6. The van der Waals surface area contributed by atoms with Gasteiger partial charge in [-0.05, 0) is 43.5 Å². The van der Waals surface area contributed by atoms with Crippen LogP contribution in [0.2, 0.25) is 5.02 Å². The van der Waals surface area contributed by atoms with Crippen molar-refractivity contribution in [3.8, 4) is 17.1 Å². The van der Waals surface area contributed by atoms with Crippen LogP contribution in [0.3, 0.4) is 0 Å². The molecule has 0 atom stereocenters. The van der Waals surface area contributed by atoms with Crippen LogP contribution in [0, 0.1) is 0 Å². The second-order valence-corrected chi connectivity index (χ2v) is 8.23. The summed E-state index contributed by atoms with van der Waals surface area (Å²) in [4.78, 5) is 11.0. The number of halogens is 1. The number of rotatable bonds is 11. The van der Waals surface area contributed by atoms with Crippen molar-refractivity contribution in [3.63, 3.8) is 0 Å². The summed E-state index contributed by atoms with van der Waals surface area (Å²) < 4.78 is 0. The molecule has 0 saturated heterocycles. The molecule has 3 rings (SSSR count). The highest BCUT2D eigenvalue weighted by Crippen LogP contribution is 2.25. The van der Waals surface area contributed by atoms with Crippen molar-refractivity contribution in [2.45, 2.75) is 59.0 Å². The standard InChI is InChI=1S/C25H32ClN3O/c1-3-5-12-23-24(28-25(27-23)19-10-8-7-9-11-19)18-29(15-6-4-2)17-20-13-14-21(30)16-22(20)26/h7-11,13-14,16,30H,3-6,12,15,17-18H2,1-2H3,(H,27,28). The molecule has 1 heterocycles. The van der Waals surface area contributed by atoms with E-state index in [0.29, 0.717) is 5.02 Å². The summed E-state index contributed by atoms with van der Waals surface area (Å²) in [6.07, 6.45) is 5.53. The highest BCUT2D eigenvalue weighted by atomic mass is 35.5. The Morgan fingerprint density at radius 2 is 1.77 bits per heavy atom. The Morgan fingerprint density at radius 3 is 2.47 bits per heavy atom. The molecule has 4 nitrogen and oxygen atoms in total. The Bertz CT molecular complexity index is 923. The van der Waals surface area contributed by atoms with Crippen molar-refractivity contribution in [3.05, 3.63) is 70.5 Å². The first-order valence-corrected chi connectivity index (χ1v) is 11.3. The lowest BCUT2D eigenvalue weighted by molar-refractivity contribution is 0.249. The largest absolute Gasteiger partial charge is 0.508 e. The Morgan fingerprint density at radius 1 is 1.00 bits per heavy atom. The molecular formula is C25H32ClN3O. The molecule has 1 aromatic heterocycles. The molecule has 0 bridgehead atoms. The normalized spacial score (nSPS) is 11.3. The third kappa shape index (κ3) is 6.10. The lowest BCUT2D eigenvalue weighted by Crippen LogP contribution is -2.25. The van der Waals surface area contributed by atoms with E-state index < -0.39 is 0 Å². The average Bonchev–Trinajstić information content (AvgIpc) is 3.15. The number of aryl methyl sites for hydroxylation is 1. The van der Waals surface area contributed by atoms with Crippen LogP contribution in [0.15, 0.2) is 48.5 Å². The summed E-state index contributed by atoms with van der Waals surface area (Å²) in [5.74, 6) is 1.14. The minimum Gasteiger partial charge on any atom is -0.508 e. The molecule has 160 valence electrons. The van der Waals surface area contributed by atoms with Gasteiger partial charge in [-0.1, -0.05) is 74.7 Å². The third-order valence-corrected chi connectivity index (χ3v) is 5.67. The van der Waals surface area contributed by atoms with Crippen molar-refractivity contribution < 1.29 is 5.11 Å². The molecule has 0 aliphatic carbocycles. The third-order valence-electron chi connectivity index (χ3n) is 5.32. The van der Waals surface area contributed by atoms with E-state index in [1.165, 1.54) is 5.69 Å². The summed E-state index contributed by atoms with van der Waals surface area (Å²) in [6, 6.07) is 15.5. The van der Waals surface area contributed by atoms with Gasteiger partial charge < -0.3 is 10.1 Å². The molecule has 5 heteroatoms. The number of hydrogen-bond donors (Lipinski definition) is 2. The number of aromatic hydroxyl groups is 1. The van der Waals surface area contributed by atoms with Crippen LogP contribution in [-0.2, 0) is 19.5 Å². The predicted molar refractivity (Wildman–Crippen MR) is 125 cm³/mol. The summed E-state index contributed by atoms with van der Waals surface area (Å²) in [5, 5.41) is 10.3. The van der Waals surface area contributed by atoms with Crippen molar-refractivity contribution >= 4 is 11.6 Å². The van der Waals surface area contributed by atoms with Crippen LogP contribution in [0.25, 0.3) is 11.4 Å². The number of aromatic amines is 1. The maximum atomic E-state index is 9.67. The molecule has 0 aliphatic heterocycles. The molecule has 0 spiro atoms. The highest BCUT2D eigenvalue weighted by molar-refractivity contribution is 6.31. The number of imidazole rings is 1. The van der Waals surface area contributed by atoms with Crippen LogP contribution in [0.1, 0.15) is 56.5 Å². The van der Waals surface area contributed by atoms with Gasteiger partial charge in [0.05, 0.1) is 11.4 Å². The van der Waals surface area contributed by atoms with Crippen LogP contribution in [-0.4, -0.2) is 26.5 Å². The van der Waals surface area contributed by atoms with Gasteiger partial charge in [0.2, 0.25) is 0 Å². The molecule has 0 aliphatic rings. The predicted octanol–water partition coefficient (Wildman–Crippen LogP) is 6.58. The number of phenols is 1. The summed E-state index contributed by atoms with van der Waals surface area (Å²) in [5.41, 5.74) is 4.49. The molecular weight excluding hydrogens is 394 g/mol. The zero-order chi connectivity index (χ0) is 21.3. The molecule has 0 radical (unpaired) electrons. The number of hydrogen-bond acceptors (Lipinski definition) is 3. The van der Waals surface area contributed by atoms with E-state index in [1.54, 1.807) is 12.1 Å². The molecule has 3 aromatic rings. The number of unbranched alkanes of at least 4 members (excludes halogenated alkanes) is 2. The molecule has 2 aromatic carbocycles. The fraction of sp³-hybridized carbons (Fsp3) is 0.400. The van der Waals surface area contributed by atoms with E-state index >= 15 is 0 Å². The van der Waals surface area contributed by atoms with Crippen molar-refractivity contribution in [1.29, 1.82) is 0 Å². The number of H-pyrrole nitrogens is 1. The summed E-state index contributed by atoms with van der Waals surface area (Å²) >= 11 is 6.39. The van der Waals surface area contributed by atoms with Gasteiger partial charge in [-0.2, -0.15) is 0 Å². The molecule has 30 heavy (non-hydrogen) atoms. The Labute approximate surface area is 184 Å². The first kappa shape index (κ1) is 22.4. The van der Waals surface area contributed by atoms with E-state index in [9.17, 15) is 5.11 Å². The maximum absolute atomic E-state index is 9.67. The van der Waals surface area contributed by atoms with Gasteiger partial charge in [0, 0.05) is 23.7 Å². The van der Waals surface area contributed by atoms with Crippen LogP contribution >= 0.6 is 11.6 Å². The van der Waals surface area contributed by atoms with E-state index in [-0.39, 0.29) is 5.75 Å². The van der Waals surface area contributed by atoms with Crippen LogP contribution in [0.5, 0.6) is 5.75 Å². The molecule has 0 unspecified atom stereocenters. The number of phenolic OH excluding ortho intramolecular Hbond substituents is 1. The Balaban J connectivity index is 1.85. The minimum absolute atomic E-state index is 0.201. The SMILES string of the molecule is CCCCc1nc(-c2ccccc2)[nH]c1CN(CCCC)Cc1ccc(O)cc1Cl. The molecule has 0 saturated carbocycles. The lowest BCUT2D eigenvalue weighted by Gasteiger charge is -2.23. The van der Waals surface area contributed by atoms with Gasteiger partial charge in [-0.25, -0.2) is 4.98 Å². The lowest BCUT2D eigenvalue weighted by atomic mass is 10.1. The number of nitrogens with zero attached hydrogens (tertiary/aromatic N) is 2. The molecule has 2 N–H and O–H groups in total. The minimum atomic E-state index is 0.201. The van der Waals surface area contributed by atoms with Gasteiger partial charge in [0.25, 0.3) is 0 Å². The van der Waals surface area contributed by atoms with Gasteiger partial charge in [0.15, 0.2) is 0 Å². The van der Waals surface area contributed by atoms with Gasteiger partial charge in [-0.3, -0.25) is 4.90 Å². The second kappa shape index (κ2) is 11.2.